The standard InChI is InChI=1S/C12H20O2S/c13-11(12-3-1-2-6-14-12)9-10-4-7-15-8-5-10/h10,12H,1-9H2. The fraction of sp³-hybridized carbons (Fsp3) is 0.917. The van der Waals surface area contributed by atoms with Gasteiger partial charge >= 0.3 is 0 Å². The van der Waals surface area contributed by atoms with E-state index in [1.165, 1.54) is 24.3 Å². The van der Waals surface area contributed by atoms with E-state index < -0.39 is 0 Å². The quantitative estimate of drug-likeness (QED) is 0.743. The van der Waals surface area contributed by atoms with E-state index in [0.29, 0.717) is 11.7 Å². The maximum Gasteiger partial charge on any atom is 0.161 e. The molecule has 0 amide bonds. The van der Waals surface area contributed by atoms with Gasteiger partial charge < -0.3 is 4.74 Å². The maximum absolute atomic E-state index is 11.9. The summed E-state index contributed by atoms with van der Waals surface area (Å²) in [5.74, 6) is 3.49. The number of hydrogen-bond acceptors (Lipinski definition) is 3. The van der Waals surface area contributed by atoms with E-state index in [4.69, 9.17) is 4.74 Å². The Morgan fingerprint density at radius 1 is 1.20 bits per heavy atom. The molecule has 2 rings (SSSR count). The van der Waals surface area contributed by atoms with Crippen molar-refractivity contribution in [2.45, 2.75) is 44.6 Å². The highest BCUT2D eigenvalue weighted by Crippen LogP contribution is 2.27. The van der Waals surface area contributed by atoms with Crippen LogP contribution in [-0.2, 0) is 9.53 Å². The lowest BCUT2D eigenvalue weighted by Crippen LogP contribution is -2.30. The summed E-state index contributed by atoms with van der Waals surface area (Å²) in [6.07, 6.45) is 6.41. The molecule has 0 aromatic heterocycles. The Morgan fingerprint density at radius 2 is 2.00 bits per heavy atom. The molecule has 15 heavy (non-hydrogen) atoms. The first-order chi connectivity index (χ1) is 7.36. The smallest absolute Gasteiger partial charge is 0.161 e. The molecule has 1 atom stereocenters. The molecule has 2 fully saturated rings. The van der Waals surface area contributed by atoms with Gasteiger partial charge in [-0.1, -0.05) is 0 Å². The molecule has 1 unspecified atom stereocenters. The van der Waals surface area contributed by atoms with E-state index in [1.54, 1.807) is 0 Å². The average molecular weight is 228 g/mol. The van der Waals surface area contributed by atoms with Crippen LogP contribution in [0.1, 0.15) is 38.5 Å². The predicted molar refractivity (Wildman–Crippen MR) is 63.3 cm³/mol. The summed E-state index contributed by atoms with van der Waals surface area (Å²) in [6, 6.07) is 0. The Hall–Kier alpha value is -0.0200. The van der Waals surface area contributed by atoms with Crippen molar-refractivity contribution in [1.29, 1.82) is 0 Å². The Morgan fingerprint density at radius 3 is 2.67 bits per heavy atom. The van der Waals surface area contributed by atoms with Crippen molar-refractivity contribution in [1.82, 2.24) is 0 Å². The van der Waals surface area contributed by atoms with Crippen LogP contribution in [0.4, 0.5) is 0 Å². The Kier molecular flexibility index (Phi) is 4.51. The molecule has 0 aliphatic carbocycles. The van der Waals surface area contributed by atoms with Crippen LogP contribution in [0, 0.1) is 5.92 Å². The highest BCUT2D eigenvalue weighted by Gasteiger charge is 2.25. The first kappa shape index (κ1) is 11.5. The Labute approximate surface area is 96.1 Å². The molecule has 0 saturated carbocycles. The van der Waals surface area contributed by atoms with E-state index in [9.17, 15) is 4.79 Å². The van der Waals surface area contributed by atoms with Crippen molar-refractivity contribution < 1.29 is 9.53 Å². The number of ketones is 1. The van der Waals surface area contributed by atoms with Crippen molar-refractivity contribution in [2.24, 2.45) is 5.92 Å². The van der Waals surface area contributed by atoms with Crippen LogP contribution >= 0.6 is 11.8 Å². The summed E-state index contributed by atoms with van der Waals surface area (Å²) in [7, 11) is 0. The van der Waals surface area contributed by atoms with Crippen molar-refractivity contribution >= 4 is 17.5 Å². The number of rotatable bonds is 3. The van der Waals surface area contributed by atoms with Crippen LogP contribution < -0.4 is 0 Å². The molecule has 2 saturated heterocycles. The topological polar surface area (TPSA) is 26.3 Å². The van der Waals surface area contributed by atoms with Crippen LogP contribution in [-0.4, -0.2) is 30.0 Å². The van der Waals surface area contributed by atoms with Gasteiger partial charge in [0.25, 0.3) is 0 Å². The highest BCUT2D eigenvalue weighted by atomic mass is 32.2. The average Bonchev–Trinajstić information content (AvgIpc) is 2.31. The Bertz CT molecular complexity index is 206. The van der Waals surface area contributed by atoms with Crippen LogP contribution in [0.15, 0.2) is 0 Å². The van der Waals surface area contributed by atoms with Crippen LogP contribution in [0.5, 0.6) is 0 Å². The first-order valence-electron chi connectivity index (χ1n) is 6.08. The second kappa shape index (κ2) is 5.90. The number of ether oxygens (including phenoxy) is 1. The molecular weight excluding hydrogens is 208 g/mol. The number of hydrogen-bond donors (Lipinski definition) is 0. The van der Waals surface area contributed by atoms with Gasteiger partial charge in [0.15, 0.2) is 5.78 Å². The highest BCUT2D eigenvalue weighted by molar-refractivity contribution is 7.99. The second-order valence-corrected chi connectivity index (χ2v) is 5.81. The summed E-state index contributed by atoms with van der Waals surface area (Å²) in [6.45, 7) is 0.789. The van der Waals surface area contributed by atoms with Gasteiger partial charge in [0.2, 0.25) is 0 Å². The third-order valence-electron chi connectivity index (χ3n) is 3.37. The van der Waals surface area contributed by atoms with Gasteiger partial charge in [-0.15, -0.1) is 0 Å². The molecule has 2 nitrogen and oxygen atoms in total. The number of carbonyl (C=O) groups excluding carboxylic acids is 1. The monoisotopic (exact) mass is 228 g/mol. The minimum Gasteiger partial charge on any atom is -0.370 e. The van der Waals surface area contributed by atoms with Crippen LogP contribution in [0.25, 0.3) is 0 Å². The molecule has 86 valence electrons. The zero-order chi connectivity index (χ0) is 10.5. The molecule has 0 aromatic carbocycles. The summed E-state index contributed by atoms with van der Waals surface area (Å²) in [5, 5.41) is 0. The fourth-order valence-corrected chi connectivity index (χ4v) is 3.57. The normalized spacial score (nSPS) is 28.9. The van der Waals surface area contributed by atoms with Gasteiger partial charge in [-0.25, -0.2) is 0 Å². The minimum atomic E-state index is -0.0617. The molecule has 2 aliphatic heterocycles. The van der Waals surface area contributed by atoms with E-state index in [-0.39, 0.29) is 6.10 Å². The number of thioether (sulfide) groups is 1. The third-order valence-corrected chi connectivity index (χ3v) is 4.42. The Balaban J connectivity index is 1.74. The zero-order valence-electron chi connectivity index (χ0n) is 9.24. The largest absolute Gasteiger partial charge is 0.370 e. The summed E-state index contributed by atoms with van der Waals surface area (Å²) >= 11 is 2.02. The van der Waals surface area contributed by atoms with E-state index >= 15 is 0 Å². The van der Waals surface area contributed by atoms with E-state index in [0.717, 1.165) is 32.3 Å². The van der Waals surface area contributed by atoms with Gasteiger partial charge in [0.05, 0.1) is 0 Å². The van der Waals surface area contributed by atoms with Gasteiger partial charge in [-0.3, -0.25) is 4.79 Å². The van der Waals surface area contributed by atoms with E-state index in [2.05, 4.69) is 0 Å². The number of Topliss-reactive ketones (excluding diaryl/α,β-unsaturated/α-hetero) is 1. The lowest BCUT2D eigenvalue weighted by atomic mass is 9.92. The molecule has 0 spiro atoms. The van der Waals surface area contributed by atoms with Crippen molar-refractivity contribution in [2.75, 3.05) is 18.1 Å². The van der Waals surface area contributed by atoms with Crippen molar-refractivity contribution in [3.05, 3.63) is 0 Å². The first-order valence-corrected chi connectivity index (χ1v) is 7.24. The van der Waals surface area contributed by atoms with Crippen LogP contribution in [0.2, 0.25) is 0 Å². The van der Waals surface area contributed by atoms with Gasteiger partial charge in [-0.05, 0) is 49.5 Å². The molecule has 0 aromatic rings. The summed E-state index contributed by atoms with van der Waals surface area (Å²) in [4.78, 5) is 11.9. The molecule has 2 aliphatic rings. The molecule has 3 heteroatoms. The minimum absolute atomic E-state index is 0.0617. The zero-order valence-corrected chi connectivity index (χ0v) is 10.1. The summed E-state index contributed by atoms with van der Waals surface area (Å²) in [5.41, 5.74) is 0. The second-order valence-electron chi connectivity index (χ2n) is 4.58. The predicted octanol–water partition coefficient (Wildman–Crippen LogP) is 2.66. The van der Waals surface area contributed by atoms with Crippen molar-refractivity contribution in [3.8, 4) is 0 Å². The fourth-order valence-electron chi connectivity index (χ4n) is 2.36. The molecule has 0 bridgehead atoms. The molecule has 0 N–H and O–H groups in total. The van der Waals surface area contributed by atoms with E-state index in [1.807, 2.05) is 11.8 Å². The lowest BCUT2D eigenvalue weighted by Gasteiger charge is -2.25. The van der Waals surface area contributed by atoms with Gasteiger partial charge in [0, 0.05) is 13.0 Å². The molecule has 2 heterocycles. The third kappa shape index (κ3) is 3.49. The van der Waals surface area contributed by atoms with Gasteiger partial charge in [-0.2, -0.15) is 11.8 Å². The summed E-state index contributed by atoms with van der Waals surface area (Å²) < 4.78 is 5.53. The lowest BCUT2D eigenvalue weighted by molar-refractivity contribution is -0.134. The van der Waals surface area contributed by atoms with Crippen molar-refractivity contribution in [3.63, 3.8) is 0 Å². The SMILES string of the molecule is O=C(CC1CCSCC1)C1CCCCO1. The maximum atomic E-state index is 11.9. The van der Waals surface area contributed by atoms with Gasteiger partial charge in [0.1, 0.15) is 6.10 Å². The molecule has 0 radical (unpaired) electrons. The number of carbonyl (C=O) groups is 1. The molecular formula is C12H20O2S. The van der Waals surface area contributed by atoms with Crippen LogP contribution in [0.3, 0.4) is 0 Å².